The van der Waals surface area contributed by atoms with Crippen molar-refractivity contribution in [3.63, 3.8) is 0 Å². The third-order valence-corrected chi connectivity index (χ3v) is 3.11. The molecule has 0 spiro atoms. The average molecular weight is 283 g/mol. The molecule has 0 fully saturated rings. The van der Waals surface area contributed by atoms with Crippen molar-refractivity contribution in [2.75, 3.05) is 0 Å². The molecule has 1 N–H and O–H groups in total. The zero-order chi connectivity index (χ0) is 15.2. The highest BCUT2D eigenvalue weighted by Crippen LogP contribution is 2.15. The molecule has 0 saturated carbocycles. The largest absolute Gasteiger partial charge is 0.491 e. The van der Waals surface area contributed by atoms with E-state index in [0.717, 1.165) is 16.9 Å². The first-order valence-electron chi connectivity index (χ1n) is 7.15. The zero-order valence-corrected chi connectivity index (χ0v) is 12.7. The number of ether oxygens (including phenoxy) is 1. The van der Waals surface area contributed by atoms with Gasteiger partial charge in [-0.2, -0.15) is 0 Å². The first-order chi connectivity index (χ1) is 10.1. The number of hydrogen-bond donors (Lipinski definition) is 1. The summed E-state index contributed by atoms with van der Waals surface area (Å²) in [6, 6.07) is 15.4. The van der Waals surface area contributed by atoms with Crippen molar-refractivity contribution in [3.05, 3.63) is 65.2 Å². The Hall–Kier alpha value is -2.29. The molecule has 0 atom stereocenters. The fraction of sp³-hybridized carbons (Fsp3) is 0.278. The van der Waals surface area contributed by atoms with Gasteiger partial charge >= 0.3 is 0 Å². The summed E-state index contributed by atoms with van der Waals surface area (Å²) in [7, 11) is 0. The molecule has 21 heavy (non-hydrogen) atoms. The normalized spacial score (nSPS) is 10.5. The van der Waals surface area contributed by atoms with Gasteiger partial charge in [0.1, 0.15) is 5.75 Å². The average Bonchev–Trinajstić information content (AvgIpc) is 2.45. The fourth-order valence-electron chi connectivity index (χ4n) is 2.11. The molecule has 0 aliphatic carbocycles. The van der Waals surface area contributed by atoms with Crippen LogP contribution in [0.15, 0.2) is 48.5 Å². The van der Waals surface area contributed by atoms with Gasteiger partial charge in [-0.1, -0.05) is 30.3 Å². The molecule has 3 nitrogen and oxygen atoms in total. The molecule has 0 bridgehead atoms. The maximum atomic E-state index is 12.2. The topological polar surface area (TPSA) is 38.3 Å². The summed E-state index contributed by atoms with van der Waals surface area (Å²) in [5.41, 5.74) is 2.72. The van der Waals surface area contributed by atoms with E-state index in [9.17, 15) is 4.79 Å². The van der Waals surface area contributed by atoms with Crippen molar-refractivity contribution < 1.29 is 9.53 Å². The van der Waals surface area contributed by atoms with Crippen molar-refractivity contribution >= 4 is 5.91 Å². The van der Waals surface area contributed by atoms with Gasteiger partial charge < -0.3 is 10.1 Å². The number of amides is 1. The van der Waals surface area contributed by atoms with Gasteiger partial charge in [0.15, 0.2) is 0 Å². The predicted octanol–water partition coefficient (Wildman–Crippen LogP) is 3.71. The number of carbonyl (C=O) groups excluding carboxylic acids is 1. The maximum Gasteiger partial charge on any atom is 0.251 e. The van der Waals surface area contributed by atoms with Crippen molar-refractivity contribution in [1.82, 2.24) is 5.32 Å². The highest BCUT2D eigenvalue weighted by Gasteiger charge is 2.08. The van der Waals surface area contributed by atoms with Crippen molar-refractivity contribution in [1.29, 1.82) is 0 Å². The Bertz CT molecular complexity index is 620. The van der Waals surface area contributed by atoms with E-state index in [2.05, 4.69) is 5.32 Å². The van der Waals surface area contributed by atoms with Crippen LogP contribution in [0.1, 0.15) is 35.3 Å². The monoisotopic (exact) mass is 283 g/mol. The second-order valence-corrected chi connectivity index (χ2v) is 5.31. The van der Waals surface area contributed by atoms with E-state index >= 15 is 0 Å². The van der Waals surface area contributed by atoms with Crippen LogP contribution in [0.3, 0.4) is 0 Å². The molecule has 0 radical (unpaired) electrons. The molecular weight excluding hydrogens is 262 g/mol. The van der Waals surface area contributed by atoms with Crippen LogP contribution in [0.4, 0.5) is 0 Å². The molecule has 0 unspecified atom stereocenters. The molecule has 0 heterocycles. The van der Waals surface area contributed by atoms with Gasteiger partial charge in [0.05, 0.1) is 6.10 Å². The van der Waals surface area contributed by atoms with E-state index in [1.165, 1.54) is 0 Å². The van der Waals surface area contributed by atoms with Gasteiger partial charge in [0, 0.05) is 12.1 Å². The maximum absolute atomic E-state index is 12.2. The molecule has 0 aliphatic rings. The van der Waals surface area contributed by atoms with E-state index in [0.29, 0.717) is 12.1 Å². The van der Waals surface area contributed by atoms with Gasteiger partial charge in [-0.3, -0.25) is 4.79 Å². The third-order valence-electron chi connectivity index (χ3n) is 3.11. The van der Waals surface area contributed by atoms with E-state index in [1.54, 1.807) is 0 Å². The number of hydrogen-bond acceptors (Lipinski definition) is 2. The highest BCUT2D eigenvalue weighted by atomic mass is 16.5. The zero-order valence-electron chi connectivity index (χ0n) is 12.7. The molecule has 2 rings (SSSR count). The Morgan fingerprint density at radius 1 is 1.14 bits per heavy atom. The Kier molecular flexibility index (Phi) is 4.99. The third kappa shape index (κ3) is 4.35. The minimum absolute atomic E-state index is 0.0525. The van der Waals surface area contributed by atoms with Crippen LogP contribution in [0.2, 0.25) is 0 Å². The Balaban J connectivity index is 2.00. The Labute approximate surface area is 126 Å². The van der Waals surface area contributed by atoms with Gasteiger partial charge in [0.25, 0.3) is 5.91 Å². The number of carbonyl (C=O) groups is 1. The standard InChI is InChI=1S/C18H21NO2/c1-13(2)21-16-9-6-8-15(11-16)12-19-18(20)17-10-5-4-7-14(17)3/h4-11,13H,12H2,1-3H3,(H,19,20). The molecule has 110 valence electrons. The van der Waals surface area contributed by atoms with Crippen molar-refractivity contribution in [2.24, 2.45) is 0 Å². The second kappa shape index (κ2) is 6.93. The quantitative estimate of drug-likeness (QED) is 0.908. The van der Waals surface area contributed by atoms with Gasteiger partial charge in [0.2, 0.25) is 0 Å². The smallest absolute Gasteiger partial charge is 0.251 e. The van der Waals surface area contributed by atoms with Crippen LogP contribution in [-0.2, 0) is 6.54 Å². The summed E-state index contributed by atoms with van der Waals surface area (Å²) < 4.78 is 5.65. The summed E-state index contributed by atoms with van der Waals surface area (Å²) in [6.07, 6.45) is 0.141. The van der Waals surface area contributed by atoms with Gasteiger partial charge in [-0.15, -0.1) is 0 Å². The van der Waals surface area contributed by atoms with E-state index in [1.807, 2.05) is 69.3 Å². The lowest BCUT2D eigenvalue weighted by molar-refractivity contribution is 0.0950. The number of rotatable bonds is 5. The van der Waals surface area contributed by atoms with Crippen LogP contribution in [-0.4, -0.2) is 12.0 Å². The van der Waals surface area contributed by atoms with E-state index in [-0.39, 0.29) is 12.0 Å². The lowest BCUT2D eigenvalue weighted by Crippen LogP contribution is -2.23. The fourth-order valence-corrected chi connectivity index (χ4v) is 2.11. The molecule has 2 aromatic carbocycles. The van der Waals surface area contributed by atoms with Crippen LogP contribution < -0.4 is 10.1 Å². The first-order valence-corrected chi connectivity index (χ1v) is 7.15. The summed E-state index contributed by atoms with van der Waals surface area (Å²) in [6.45, 7) is 6.41. The molecule has 0 aliphatic heterocycles. The molecule has 0 aromatic heterocycles. The highest BCUT2D eigenvalue weighted by molar-refractivity contribution is 5.95. The Morgan fingerprint density at radius 2 is 1.90 bits per heavy atom. The summed E-state index contributed by atoms with van der Waals surface area (Å²) in [5.74, 6) is 0.774. The SMILES string of the molecule is Cc1ccccc1C(=O)NCc1cccc(OC(C)C)c1. The minimum Gasteiger partial charge on any atom is -0.491 e. The van der Waals surface area contributed by atoms with Crippen molar-refractivity contribution in [2.45, 2.75) is 33.4 Å². The number of aryl methyl sites for hydroxylation is 1. The lowest BCUT2D eigenvalue weighted by atomic mass is 10.1. The molecule has 3 heteroatoms. The van der Waals surface area contributed by atoms with Crippen LogP contribution in [0.5, 0.6) is 5.75 Å². The van der Waals surface area contributed by atoms with Crippen LogP contribution in [0, 0.1) is 6.92 Å². The predicted molar refractivity (Wildman–Crippen MR) is 84.6 cm³/mol. The summed E-state index contributed by atoms with van der Waals surface area (Å²) >= 11 is 0. The summed E-state index contributed by atoms with van der Waals surface area (Å²) in [4.78, 5) is 12.2. The lowest BCUT2D eigenvalue weighted by Gasteiger charge is -2.12. The summed E-state index contributed by atoms with van der Waals surface area (Å²) in [5, 5.41) is 2.94. The number of benzene rings is 2. The molecule has 0 saturated heterocycles. The second-order valence-electron chi connectivity index (χ2n) is 5.31. The van der Waals surface area contributed by atoms with Gasteiger partial charge in [-0.25, -0.2) is 0 Å². The van der Waals surface area contributed by atoms with E-state index < -0.39 is 0 Å². The van der Waals surface area contributed by atoms with Crippen molar-refractivity contribution in [3.8, 4) is 5.75 Å². The molecular formula is C18H21NO2. The van der Waals surface area contributed by atoms with E-state index in [4.69, 9.17) is 4.74 Å². The molecule has 2 aromatic rings. The van der Waals surface area contributed by atoms with Gasteiger partial charge in [-0.05, 0) is 50.1 Å². The molecule has 1 amide bonds. The van der Waals surface area contributed by atoms with Crippen LogP contribution in [0.25, 0.3) is 0 Å². The first kappa shape index (κ1) is 15.1. The van der Waals surface area contributed by atoms with Crippen LogP contribution >= 0.6 is 0 Å². The minimum atomic E-state index is -0.0525. The Morgan fingerprint density at radius 3 is 2.62 bits per heavy atom. The number of nitrogens with one attached hydrogen (secondary N) is 1.